The summed E-state index contributed by atoms with van der Waals surface area (Å²) in [4.78, 5) is 26.0. The number of anilines is 3. The molecule has 2 aromatic rings. The summed E-state index contributed by atoms with van der Waals surface area (Å²) in [5.74, 6) is 1.46. The molecule has 0 unspecified atom stereocenters. The van der Waals surface area contributed by atoms with E-state index in [0.29, 0.717) is 11.8 Å². The van der Waals surface area contributed by atoms with Crippen molar-refractivity contribution < 1.29 is 9.53 Å². The largest absolute Gasteiger partial charge is 0.481 e. The number of halogens is 2. The lowest BCUT2D eigenvalue weighted by Gasteiger charge is -2.36. The topological polar surface area (TPSA) is 84.6 Å². The highest BCUT2D eigenvalue weighted by atomic mass is 35.5. The Labute approximate surface area is 183 Å². The average Bonchev–Trinajstić information content (AvgIpc) is 2.73. The van der Waals surface area contributed by atoms with Gasteiger partial charge in [0.15, 0.2) is 0 Å². The first kappa shape index (κ1) is 23.0. The van der Waals surface area contributed by atoms with E-state index >= 15 is 0 Å². The lowest BCUT2D eigenvalue weighted by molar-refractivity contribution is -0.123. The van der Waals surface area contributed by atoms with Gasteiger partial charge in [0.1, 0.15) is 0 Å². The third-order valence-corrected chi connectivity index (χ3v) is 5.51. The predicted octanol–water partition coefficient (Wildman–Crippen LogP) is 3.11. The number of piperidine rings is 1. The first-order chi connectivity index (χ1) is 13.2. The molecule has 1 saturated heterocycles. The maximum Gasteiger partial charge on any atom is 0.230 e. The minimum Gasteiger partial charge on any atom is -0.481 e. The van der Waals surface area contributed by atoms with E-state index in [2.05, 4.69) is 14.9 Å². The van der Waals surface area contributed by atoms with Crippen LogP contribution in [0.4, 0.5) is 17.3 Å². The number of nitrogens with two attached hydrogens (primary N) is 1. The molecule has 7 nitrogen and oxygen atoms in total. The van der Waals surface area contributed by atoms with Crippen molar-refractivity contribution in [2.75, 3.05) is 42.3 Å². The number of benzene rings is 1. The number of carbonyl (C=O) groups excluding carboxylic acids is 1. The van der Waals surface area contributed by atoms with Gasteiger partial charge in [0.2, 0.25) is 17.7 Å². The molecule has 0 atom stereocenters. The summed E-state index contributed by atoms with van der Waals surface area (Å²) in [6, 6.07) is 7.60. The van der Waals surface area contributed by atoms with Gasteiger partial charge in [-0.3, -0.25) is 4.79 Å². The number of fused-ring (bicyclic) bond motifs is 1. The molecule has 2 N–H and O–H groups in total. The Bertz CT molecular complexity index is 843. The van der Waals surface area contributed by atoms with Crippen LogP contribution in [0, 0.1) is 5.92 Å². The molecule has 29 heavy (non-hydrogen) atoms. The van der Waals surface area contributed by atoms with E-state index in [1.165, 1.54) is 0 Å². The second kappa shape index (κ2) is 9.98. The zero-order valence-electron chi connectivity index (χ0n) is 16.4. The molecule has 2 aliphatic heterocycles. The number of ether oxygens (including phenoxy) is 1. The van der Waals surface area contributed by atoms with Crippen LogP contribution in [0.2, 0.25) is 0 Å². The normalized spacial score (nSPS) is 16.3. The second-order valence-electron chi connectivity index (χ2n) is 7.10. The zero-order chi connectivity index (χ0) is 18.8. The quantitative estimate of drug-likeness (QED) is 0.739. The van der Waals surface area contributed by atoms with Crippen molar-refractivity contribution in [1.82, 2.24) is 9.97 Å². The number of nitrogen functional groups attached to an aromatic ring is 1. The molecule has 1 amide bonds. The molecule has 2 aliphatic rings. The van der Waals surface area contributed by atoms with E-state index in [1.54, 1.807) is 19.4 Å². The SMILES string of the molecule is COc1ccnc(N2CCC(C(=O)N3CCCc4c(N)cccc43)CC2)n1.Cl.Cl. The first-order valence-electron chi connectivity index (χ1n) is 9.48. The van der Waals surface area contributed by atoms with E-state index < -0.39 is 0 Å². The molecule has 158 valence electrons. The number of carbonyl (C=O) groups is 1. The lowest BCUT2D eigenvalue weighted by Crippen LogP contribution is -2.44. The van der Waals surface area contributed by atoms with Crippen molar-refractivity contribution in [2.45, 2.75) is 25.7 Å². The van der Waals surface area contributed by atoms with Crippen LogP contribution in [0.3, 0.4) is 0 Å². The standard InChI is InChI=1S/C20H25N5O2.2ClH/c1-27-18-7-10-22-20(23-18)24-12-8-14(9-13-24)19(26)25-11-3-4-15-16(21)5-2-6-17(15)25;;/h2,5-7,10,14H,3-4,8-9,11-13,21H2,1H3;2*1H. The highest BCUT2D eigenvalue weighted by Crippen LogP contribution is 2.33. The maximum atomic E-state index is 13.2. The van der Waals surface area contributed by atoms with Gasteiger partial charge >= 0.3 is 0 Å². The van der Waals surface area contributed by atoms with Crippen LogP contribution < -0.4 is 20.3 Å². The molecule has 0 bridgehead atoms. The molecular formula is C20H27Cl2N5O2. The van der Waals surface area contributed by atoms with Gasteiger partial charge in [-0.25, -0.2) is 4.98 Å². The van der Waals surface area contributed by atoms with E-state index in [4.69, 9.17) is 10.5 Å². The summed E-state index contributed by atoms with van der Waals surface area (Å²) in [5.41, 5.74) is 9.01. The van der Waals surface area contributed by atoms with Crippen LogP contribution in [0.15, 0.2) is 30.5 Å². The summed E-state index contributed by atoms with van der Waals surface area (Å²) < 4.78 is 5.18. The van der Waals surface area contributed by atoms with Gasteiger partial charge in [-0.05, 0) is 43.4 Å². The zero-order valence-corrected chi connectivity index (χ0v) is 18.0. The molecule has 4 rings (SSSR count). The summed E-state index contributed by atoms with van der Waals surface area (Å²) in [7, 11) is 1.60. The van der Waals surface area contributed by atoms with Crippen LogP contribution in [-0.2, 0) is 11.2 Å². The van der Waals surface area contributed by atoms with Crippen molar-refractivity contribution in [3.05, 3.63) is 36.0 Å². The molecule has 0 spiro atoms. The smallest absolute Gasteiger partial charge is 0.230 e. The lowest BCUT2D eigenvalue weighted by atomic mass is 9.93. The predicted molar refractivity (Wildman–Crippen MR) is 120 cm³/mol. The van der Waals surface area contributed by atoms with Gasteiger partial charge in [0.05, 0.1) is 7.11 Å². The average molecular weight is 440 g/mol. The second-order valence-corrected chi connectivity index (χ2v) is 7.10. The van der Waals surface area contributed by atoms with Gasteiger partial charge < -0.3 is 20.3 Å². The molecule has 3 heterocycles. The number of hydrogen-bond donors (Lipinski definition) is 1. The molecule has 0 saturated carbocycles. The molecule has 0 radical (unpaired) electrons. The molecule has 0 aliphatic carbocycles. The molecule has 9 heteroatoms. The van der Waals surface area contributed by atoms with E-state index in [9.17, 15) is 4.79 Å². The van der Waals surface area contributed by atoms with E-state index in [-0.39, 0.29) is 36.6 Å². The van der Waals surface area contributed by atoms with Gasteiger partial charge in [-0.2, -0.15) is 4.98 Å². The van der Waals surface area contributed by atoms with E-state index in [1.807, 2.05) is 23.1 Å². The van der Waals surface area contributed by atoms with Crippen molar-refractivity contribution in [2.24, 2.45) is 5.92 Å². The van der Waals surface area contributed by atoms with E-state index in [0.717, 1.165) is 62.3 Å². The Morgan fingerprint density at radius 1 is 1.17 bits per heavy atom. The Morgan fingerprint density at radius 2 is 1.93 bits per heavy atom. The fourth-order valence-corrected chi connectivity index (χ4v) is 4.03. The number of rotatable bonds is 3. The minimum absolute atomic E-state index is 0. The number of amides is 1. The minimum atomic E-state index is 0. The number of aromatic nitrogens is 2. The number of methoxy groups -OCH3 is 1. The van der Waals surface area contributed by atoms with Crippen molar-refractivity contribution >= 4 is 48.0 Å². The Morgan fingerprint density at radius 3 is 2.66 bits per heavy atom. The summed E-state index contributed by atoms with van der Waals surface area (Å²) in [5, 5.41) is 0. The van der Waals surface area contributed by atoms with Crippen LogP contribution in [0.25, 0.3) is 0 Å². The maximum absolute atomic E-state index is 13.2. The van der Waals surface area contributed by atoms with Gasteiger partial charge in [-0.1, -0.05) is 6.07 Å². The fourth-order valence-electron chi connectivity index (χ4n) is 4.03. The third kappa shape index (κ3) is 4.67. The molecular weight excluding hydrogens is 413 g/mol. The van der Waals surface area contributed by atoms with Crippen molar-refractivity contribution in [1.29, 1.82) is 0 Å². The highest BCUT2D eigenvalue weighted by molar-refractivity contribution is 5.97. The monoisotopic (exact) mass is 439 g/mol. The van der Waals surface area contributed by atoms with Gasteiger partial charge in [-0.15, -0.1) is 24.8 Å². The third-order valence-electron chi connectivity index (χ3n) is 5.51. The van der Waals surface area contributed by atoms with Gasteiger partial charge in [0, 0.05) is 49.2 Å². The van der Waals surface area contributed by atoms with Crippen LogP contribution in [0.5, 0.6) is 5.88 Å². The summed E-state index contributed by atoms with van der Waals surface area (Å²) in [6.45, 7) is 2.30. The van der Waals surface area contributed by atoms with Crippen molar-refractivity contribution in [3.8, 4) is 5.88 Å². The highest BCUT2D eigenvalue weighted by Gasteiger charge is 2.32. The summed E-state index contributed by atoms with van der Waals surface area (Å²) in [6.07, 6.45) is 5.20. The molecule has 1 aromatic heterocycles. The van der Waals surface area contributed by atoms with Crippen molar-refractivity contribution in [3.63, 3.8) is 0 Å². The molecule has 1 fully saturated rings. The summed E-state index contributed by atoms with van der Waals surface area (Å²) >= 11 is 0. The van der Waals surface area contributed by atoms with Crippen LogP contribution >= 0.6 is 24.8 Å². The van der Waals surface area contributed by atoms with Crippen LogP contribution in [-0.4, -0.2) is 42.6 Å². The van der Waals surface area contributed by atoms with Gasteiger partial charge in [0.25, 0.3) is 0 Å². The number of nitrogens with zero attached hydrogens (tertiary/aromatic N) is 4. The molecule has 1 aromatic carbocycles. The van der Waals surface area contributed by atoms with Crippen LogP contribution in [0.1, 0.15) is 24.8 Å². The Balaban J connectivity index is 0.00000150. The number of hydrogen-bond acceptors (Lipinski definition) is 6. The Hall–Kier alpha value is -2.25. The Kier molecular flexibility index (Phi) is 7.93. The fraction of sp³-hybridized carbons (Fsp3) is 0.450. The first-order valence-corrected chi connectivity index (χ1v) is 9.48.